The van der Waals surface area contributed by atoms with E-state index >= 15 is 0 Å². The normalized spacial score (nSPS) is 23.3. The zero-order chi connectivity index (χ0) is 8.65. The van der Waals surface area contributed by atoms with Gasteiger partial charge in [-0.2, -0.15) is 0 Å². The molecule has 0 radical (unpaired) electrons. The molecule has 0 aromatic rings. The van der Waals surface area contributed by atoms with Crippen LogP contribution in [0.3, 0.4) is 0 Å². The van der Waals surface area contributed by atoms with Crippen molar-refractivity contribution in [1.29, 1.82) is 0 Å². The Kier molecular flexibility index (Phi) is 2.55. The monoisotopic (exact) mass is 203 g/mol. The van der Waals surface area contributed by atoms with Crippen molar-refractivity contribution in [2.45, 2.75) is 26.3 Å². The molecule has 0 aromatic heterocycles. The summed E-state index contributed by atoms with van der Waals surface area (Å²) in [6.07, 6.45) is 0. The van der Waals surface area contributed by atoms with Crippen LogP contribution in [-0.4, -0.2) is 40.1 Å². The molecule has 1 heterocycles. The van der Waals surface area contributed by atoms with Gasteiger partial charge in [-0.1, -0.05) is 0 Å². The first-order valence-electron chi connectivity index (χ1n) is 3.90. The number of hydrogen-bond acceptors (Lipinski definition) is 2. The third-order valence-electron chi connectivity index (χ3n) is 1.96. The molecule has 0 amide bonds. The Morgan fingerprint density at radius 2 is 1.82 bits per heavy atom. The molecular formula is C8H16CuN2. The third-order valence-corrected chi connectivity index (χ3v) is 2.57. The van der Waals surface area contributed by atoms with Crippen LogP contribution in [0.2, 0.25) is 0 Å². The first-order chi connectivity index (χ1) is 4.93. The fraction of sp³-hybridized carbons (Fsp3) is 0.875. The van der Waals surface area contributed by atoms with Crippen LogP contribution in [-0.2, 0) is 15.6 Å². The average Bonchev–Trinajstić information content (AvgIpc) is 2.11. The molecule has 0 spiro atoms. The van der Waals surface area contributed by atoms with E-state index < -0.39 is 0 Å². The topological polar surface area (TPSA) is 6.48 Å². The molecule has 1 saturated heterocycles. The van der Waals surface area contributed by atoms with E-state index in [0.717, 1.165) is 17.8 Å². The Bertz CT molecular complexity index is 171. The molecule has 0 unspecified atom stereocenters. The number of rotatable bonds is 0. The van der Waals surface area contributed by atoms with Crippen molar-refractivity contribution in [3.63, 3.8) is 0 Å². The molecule has 0 N–H and O–H groups in total. The van der Waals surface area contributed by atoms with Gasteiger partial charge in [-0.15, -0.1) is 0 Å². The van der Waals surface area contributed by atoms with Crippen LogP contribution in [0.25, 0.3) is 0 Å². The van der Waals surface area contributed by atoms with E-state index in [4.69, 9.17) is 15.6 Å². The fourth-order valence-corrected chi connectivity index (χ4v) is 1.74. The third kappa shape index (κ3) is 1.91. The molecule has 69 valence electrons. The van der Waals surface area contributed by atoms with Gasteiger partial charge in [-0.05, 0) is 0 Å². The minimum absolute atomic E-state index is 0.177. The summed E-state index contributed by atoms with van der Waals surface area (Å²) in [6, 6.07) is 0. The predicted octanol–water partition coefficient (Wildman–Crippen LogP) is 0.666. The van der Waals surface area contributed by atoms with Gasteiger partial charge < -0.3 is 0 Å². The van der Waals surface area contributed by atoms with Gasteiger partial charge in [0.25, 0.3) is 0 Å². The second kappa shape index (κ2) is 2.98. The molecular weight excluding hydrogens is 188 g/mol. The van der Waals surface area contributed by atoms with Gasteiger partial charge in [0, 0.05) is 0 Å². The molecule has 0 aliphatic carbocycles. The molecule has 2 nitrogen and oxygen atoms in total. The van der Waals surface area contributed by atoms with E-state index in [-0.39, 0.29) is 5.54 Å². The van der Waals surface area contributed by atoms with Crippen molar-refractivity contribution in [2.75, 3.05) is 20.1 Å². The first-order valence-corrected chi connectivity index (χ1v) is 4.37. The molecule has 0 bridgehead atoms. The van der Waals surface area contributed by atoms with E-state index in [1.807, 2.05) is 7.05 Å². The second-order valence-corrected chi connectivity index (χ2v) is 4.40. The second-order valence-electron chi connectivity index (χ2n) is 3.98. The number of nitrogens with zero attached hydrogens (tertiary/aromatic N) is 2. The van der Waals surface area contributed by atoms with Gasteiger partial charge in [0.2, 0.25) is 0 Å². The Morgan fingerprint density at radius 3 is 2.00 bits per heavy atom. The van der Waals surface area contributed by atoms with E-state index in [1.165, 1.54) is 0 Å². The SMILES string of the molecule is CN1CCN(C(C)(C)C)[C]1=[Cu]. The zero-order valence-corrected chi connectivity index (χ0v) is 8.55. The van der Waals surface area contributed by atoms with Crippen LogP contribution in [0.5, 0.6) is 0 Å². The summed E-state index contributed by atoms with van der Waals surface area (Å²) in [4.78, 5) is 4.37. The van der Waals surface area contributed by atoms with Crippen molar-refractivity contribution >= 4 is 4.67 Å². The number of hydrogen-bond donors (Lipinski definition) is 0. The van der Waals surface area contributed by atoms with Crippen LogP contribution in [0, 0.1) is 0 Å². The van der Waals surface area contributed by atoms with Crippen LogP contribution >= 0.6 is 0 Å². The Morgan fingerprint density at radius 1 is 1.27 bits per heavy atom. The standard InChI is InChI=1S/C8H16N2.Cu/c1-8(2,3)10-6-5-9(4)7-10;/h5-6H2,1-4H3;. The first kappa shape index (κ1) is 9.40. The average molecular weight is 204 g/mol. The van der Waals surface area contributed by atoms with Crippen molar-refractivity contribution in [3.8, 4) is 0 Å². The van der Waals surface area contributed by atoms with E-state index in [1.54, 1.807) is 0 Å². The van der Waals surface area contributed by atoms with Gasteiger partial charge >= 0.3 is 76.5 Å². The molecule has 1 aliphatic heterocycles. The predicted molar refractivity (Wildman–Crippen MR) is 44.1 cm³/mol. The van der Waals surface area contributed by atoms with Crippen LogP contribution < -0.4 is 0 Å². The maximum absolute atomic E-state index is 5.42. The van der Waals surface area contributed by atoms with E-state index in [9.17, 15) is 0 Å². The van der Waals surface area contributed by atoms with Crippen LogP contribution in [0.4, 0.5) is 0 Å². The number of likely N-dealkylation sites (N-methyl/N-ethyl adjacent to an activating group) is 1. The quantitative estimate of drug-likeness (QED) is 0.534. The molecule has 1 aliphatic rings. The molecule has 0 aromatic carbocycles. The summed E-state index contributed by atoms with van der Waals surface area (Å²) in [7, 11) is 2.04. The fourth-order valence-electron chi connectivity index (χ4n) is 1.21. The van der Waals surface area contributed by atoms with Crippen molar-refractivity contribution < 1.29 is 15.6 Å². The zero-order valence-electron chi connectivity index (χ0n) is 7.61. The van der Waals surface area contributed by atoms with Gasteiger partial charge in [0.1, 0.15) is 0 Å². The van der Waals surface area contributed by atoms with Crippen LogP contribution in [0.1, 0.15) is 20.8 Å². The summed E-state index contributed by atoms with van der Waals surface area (Å²) in [5.74, 6) is 0. The summed E-state index contributed by atoms with van der Waals surface area (Å²) in [6.45, 7) is 8.69. The summed E-state index contributed by atoms with van der Waals surface area (Å²) in [5, 5.41) is 0. The van der Waals surface area contributed by atoms with Crippen molar-refractivity contribution in [1.82, 2.24) is 9.80 Å². The molecule has 0 atom stereocenters. The molecule has 11 heavy (non-hydrogen) atoms. The van der Waals surface area contributed by atoms with Gasteiger partial charge in [-0.25, -0.2) is 0 Å². The molecule has 1 rings (SSSR count). The van der Waals surface area contributed by atoms with Crippen molar-refractivity contribution in [3.05, 3.63) is 0 Å². The Labute approximate surface area is 76.9 Å². The van der Waals surface area contributed by atoms with Crippen molar-refractivity contribution in [2.24, 2.45) is 0 Å². The Hall–Kier alpha value is 0.309. The van der Waals surface area contributed by atoms with E-state index in [2.05, 4.69) is 30.6 Å². The molecule has 3 heteroatoms. The van der Waals surface area contributed by atoms with Gasteiger partial charge in [0.15, 0.2) is 0 Å². The van der Waals surface area contributed by atoms with Crippen LogP contribution in [0.15, 0.2) is 0 Å². The van der Waals surface area contributed by atoms with Gasteiger partial charge in [0.05, 0.1) is 0 Å². The molecule has 0 saturated carbocycles. The van der Waals surface area contributed by atoms with Gasteiger partial charge in [-0.3, -0.25) is 0 Å². The molecule has 1 fully saturated rings. The minimum atomic E-state index is 0.177. The Balaban J connectivity index is 2.70. The van der Waals surface area contributed by atoms with E-state index in [0.29, 0.717) is 0 Å². The summed E-state index contributed by atoms with van der Waals surface area (Å²) < 4.78 is 0.963. The summed E-state index contributed by atoms with van der Waals surface area (Å²) in [5.41, 5.74) is 0.177. The maximum atomic E-state index is 5.42. The summed E-state index contributed by atoms with van der Waals surface area (Å²) >= 11 is 5.42.